The van der Waals surface area contributed by atoms with E-state index in [1.807, 2.05) is 18.2 Å². The molecular weight excluding hydrogens is 214 g/mol. The summed E-state index contributed by atoms with van der Waals surface area (Å²) in [6.45, 7) is 0.676. The highest BCUT2D eigenvalue weighted by Crippen LogP contribution is 2.23. The van der Waals surface area contributed by atoms with Crippen molar-refractivity contribution in [2.75, 3.05) is 7.11 Å². The van der Waals surface area contributed by atoms with Crippen LogP contribution in [0.1, 0.15) is 24.8 Å². The Kier molecular flexibility index (Phi) is 4.54. The van der Waals surface area contributed by atoms with E-state index in [-0.39, 0.29) is 18.2 Å². The Hall–Kier alpha value is -0.900. The zero-order valence-electron chi connectivity index (χ0n) is 10.3. The molecule has 17 heavy (non-hydrogen) atoms. The van der Waals surface area contributed by atoms with Gasteiger partial charge in [-0.25, -0.2) is 0 Å². The van der Waals surface area contributed by atoms with Gasteiger partial charge < -0.3 is 15.2 Å². The van der Waals surface area contributed by atoms with E-state index in [9.17, 15) is 0 Å². The van der Waals surface area contributed by atoms with Gasteiger partial charge in [-0.05, 0) is 24.8 Å². The summed E-state index contributed by atoms with van der Waals surface area (Å²) in [7, 11) is 1.73. The monoisotopic (exact) mass is 235 g/mol. The Morgan fingerprint density at radius 2 is 2.00 bits per heavy atom. The van der Waals surface area contributed by atoms with Crippen molar-refractivity contribution in [2.24, 2.45) is 5.73 Å². The molecule has 0 heterocycles. The van der Waals surface area contributed by atoms with Crippen LogP contribution in [0.3, 0.4) is 0 Å². The summed E-state index contributed by atoms with van der Waals surface area (Å²) < 4.78 is 11.2. The fourth-order valence-corrected chi connectivity index (χ4v) is 2.37. The van der Waals surface area contributed by atoms with Crippen LogP contribution < -0.4 is 5.73 Å². The minimum Gasteiger partial charge on any atom is -0.380 e. The fourth-order valence-electron chi connectivity index (χ4n) is 2.37. The maximum absolute atomic E-state index is 6.04. The highest BCUT2D eigenvalue weighted by molar-refractivity contribution is 5.13. The van der Waals surface area contributed by atoms with E-state index in [1.165, 1.54) is 5.56 Å². The summed E-state index contributed by atoms with van der Waals surface area (Å²) >= 11 is 0. The molecule has 1 saturated carbocycles. The topological polar surface area (TPSA) is 44.5 Å². The van der Waals surface area contributed by atoms with E-state index < -0.39 is 0 Å². The van der Waals surface area contributed by atoms with Crippen molar-refractivity contribution in [3.63, 3.8) is 0 Å². The van der Waals surface area contributed by atoms with Gasteiger partial charge in [0.15, 0.2) is 0 Å². The number of hydrogen-bond donors (Lipinski definition) is 1. The molecule has 0 saturated heterocycles. The molecule has 1 aliphatic carbocycles. The normalized spacial score (nSPS) is 29.2. The van der Waals surface area contributed by atoms with E-state index in [2.05, 4.69) is 12.1 Å². The van der Waals surface area contributed by atoms with Gasteiger partial charge in [-0.2, -0.15) is 0 Å². The number of ether oxygens (including phenoxy) is 2. The third-order valence-corrected chi connectivity index (χ3v) is 3.42. The second-order valence-electron chi connectivity index (χ2n) is 4.67. The number of benzene rings is 1. The number of rotatable bonds is 4. The van der Waals surface area contributed by atoms with Crippen LogP contribution in [0.5, 0.6) is 0 Å². The van der Waals surface area contributed by atoms with Crippen LogP contribution in [0.2, 0.25) is 0 Å². The predicted octanol–water partition coefficient (Wildman–Crippen LogP) is 2.10. The number of nitrogens with two attached hydrogens (primary N) is 1. The Morgan fingerprint density at radius 1 is 1.24 bits per heavy atom. The smallest absolute Gasteiger partial charge is 0.0724 e. The number of methoxy groups -OCH3 is 1. The molecule has 1 fully saturated rings. The first kappa shape index (κ1) is 12.6. The van der Waals surface area contributed by atoms with Gasteiger partial charge >= 0.3 is 0 Å². The molecule has 94 valence electrons. The average molecular weight is 235 g/mol. The minimum absolute atomic E-state index is 0.106. The molecule has 0 bridgehead atoms. The predicted molar refractivity (Wildman–Crippen MR) is 67.6 cm³/mol. The van der Waals surface area contributed by atoms with Gasteiger partial charge in [0, 0.05) is 13.2 Å². The Morgan fingerprint density at radius 3 is 2.65 bits per heavy atom. The Labute approximate surface area is 103 Å². The largest absolute Gasteiger partial charge is 0.380 e. The van der Waals surface area contributed by atoms with Crippen LogP contribution in [0, 0.1) is 0 Å². The van der Waals surface area contributed by atoms with E-state index in [0.717, 1.165) is 19.3 Å². The molecule has 2 N–H and O–H groups in total. The van der Waals surface area contributed by atoms with E-state index in [1.54, 1.807) is 7.11 Å². The number of hydrogen-bond acceptors (Lipinski definition) is 3. The molecule has 0 spiro atoms. The van der Waals surface area contributed by atoms with Gasteiger partial charge in [0.2, 0.25) is 0 Å². The van der Waals surface area contributed by atoms with Crippen molar-refractivity contribution < 1.29 is 9.47 Å². The molecule has 3 atom stereocenters. The highest BCUT2D eigenvalue weighted by Gasteiger charge is 2.28. The molecule has 2 rings (SSSR count). The first-order valence-electron chi connectivity index (χ1n) is 6.23. The first-order chi connectivity index (χ1) is 8.29. The van der Waals surface area contributed by atoms with Crippen molar-refractivity contribution in [3.05, 3.63) is 35.9 Å². The van der Waals surface area contributed by atoms with Crippen molar-refractivity contribution in [3.8, 4) is 0 Å². The van der Waals surface area contributed by atoms with Crippen LogP contribution in [0.15, 0.2) is 30.3 Å². The lowest BCUT2D eigenvalue weighted by Crippen LogP contribution is -2.44. The fraction of sp³-hybridized carbons (Fsp3) is 0.571. The first-order valence-corrected chi connectivity index (χ1v) is 6.23. The summed E-state index contributed by atoms with van der Waals surface area (Å²) in [4.78, 5) is 0. The van der Waals surface area contributed by atoms with E-state index >= 15 is 0 Å². The zero-order valence-corrected chi connectivity index (χ0v) is 10.3. The molecule has 1 aliphatic rings. The van der Waals surface area contributed by atoms with Gasteiger partial charge in [0.25, 0.3) is 0 Å². The maximum Gasteiger partial charge on any atom is 0.0724 e. The summed E-state index contributed by atoms with van der Waals surface area (Å²) in [5.41, 5.74) is 7.26. The summed E-state index contributed by atoms with van der Waals surface area (Å²) in [5, 5.41) is 0. The average Bonchev–Trinajstić information content (AvgIpc) is 2.38. The highest BCUT2D eigenvalue weighted by atomic mass is 16.5. The van der Waals surface area contributed by atoms with Crippen LogP contribution in [-0.4, -0.2) is 25.4 Å². The molecule has 0 unspecified atom stereocenters. The SMILES string of the molecule is CO[C@H]1CC[C@H](OCc2ccccc2)C[C@@H]1N. The van der Waals surface area contributed by atoms with Crippen LogP contribution in [-0.2, 0) is 16.1 Å². The molecular formula is C14H21NO2. The standard InChI is InChI=1S/C14H21NO2/c1-16-14-8-7-12(9-13(14)15)17-10-11-5-3-2-4-6-11/h2-6,12-14H,7-10,15H2,1H3/t12-,13-,14-/m0/s1. The quantitative estimate of drug-likeness (QED) is 0.869. The molecule has 1 aromatic carbocycles. The molecule has 0 radical (unpaired) electrons. The van der Waals surface area contributed by atoms with Crippen molar-refractivity contribution >= 4 is 0 Å². The van der Waals surface area contributed by atoms with Gasteiger partial charge in [0.05, 0.1) is 18.8 Å². The van der Waals surface area contributed by atoms with Crippen molar-refractivity contribution in [1.82, 2.24) is 0 Å². The lowest BCUT2D eigenvalue weighted by atomic mass is 9.91. The van der Waals surface area contributed by atoms with Gasteiger partial charge in [-0.1, -0.05) is 30.3 Å². The second kappa shape index (κ2) is 6.15. The Bertz CT molecular complexity index is 328. The minimum atomic E-state index is 0.106. The van der Waals surface area contributed by atoms with Gasteiger partial charge in [0.1, 0.15) is 0 Å². The third-order valence-electron chi connectivity index (χ3n) is 3.42. The summed E-state index contributed by atoms with van der Waals surface area (Å²) in [6, 6.07) is 10.4. The lowest BCUT2D eigenvalue weighted by Gasteiger charge is -2.32. The van der Waals surface area contributed by atoms with Gasteiger partial charge in [-0.15, -0.1) is 0 Å². The van der Waals surface area contributed by atoms with Crippen LogP contribution >= 0.6 is 0 Å². The van der Waals surface area contributed by atoms with Gasteiger partial charge in [-0.3, -0.25) is 0 Å². The van der Waals surface area contributed by atoms with Crippen LogP contribution in [0.25, 0.3) is 0 Å². The molecule has 0 aliphatic heterocycles. The lowest BCUT2D eigenvalue weighted by molar-refractivity contribution is -0.0334. The van der Waals surface area contributed by atoms with E-state index in [0.29, 0.717) is 6.61 Å². The van der Waals surface area contributed by atoms with Crippen LogP contribution in [0.4, 0.5) is 0 Å². The summed E-state index contributed by atoms with van der Waals surface area (Å²) in [6.07, 6.45) is 3.41. The molecule has 3 heteroatoms. The molecule has 0 amide bonds. The van der Waals surface area contributed by atoms with Crippen molar-refractivity contribution in [1.29, 1.82) is 0 Å². The van der Waals surface area contributed by atoms with E-state index in [4.69, 9.17) is 15.2 Å². The molecule has 1 aromatic rings. The Balaban J connectivity index is 1.78. The second-order valence-corrected chi connectivity index (χ2v) is 4.67. The zero-order chi connectivity index (χ0) is 12.1. The van der Waals surface area contributed by atoms with Crippen molar-refractivity contribution in [2.45, 2.75) is 44.1 Å². The maximum atomic E-state index is 6.04. The molecule has 3 nitrogen and oxygen atoms in total. The third kappa shape index (κ3) is 3.53. The molecule has 0 aromatic heterocycles. The summed E-state index contributed by atoms with van der Waals surface area (Å²) in [5.74, 6) is 0.